The minimum absolute atomic E-state index is 0.318. The molecule has 100 valence electrons. The SMILES string of the molecule is CN(C)c1ccc(C#CC(=O)c2ccc(F)cc2)cc1. The number of halogens is 1. The van der Waals surface area contributed by atoms with Crippen molar-refractivity contribution in [2.75, 3.05) is 19.0 Å². The van der Waals surface area contributed by atoms with E-state index in [1.807, 2.05) is 43.3 Å². The second-order valence-corrected chi connectivity index (χ2v) is 4.53. The van der Waals surface area contributed by atoms with E-state index in [4.69, 9.17) is 0 Å². The standard InChI is InChI=1S/C17H14FNO/c1-19(2)16-10-3-13(4-11-16)5-12-17(20)14-6-8-15(18)9-7-14/h3-4,6-11H,1-2H3. The zero-order valence-electron chi connectivity index (χ0n) is 11.4. The average molecular weight is 267 g/mol. The molecule has 0 saturated carbocycles. The summed E-state index contributed by atoms with van der Waals surface area (Å²) in [5.74, 6) is 4.69. The summed E-state index contributed by atoms with van der Waals surface area (Å²) < 4.78 is 12.8. The number of Topliss-reactive ketones (excluding diaryl/α,β-unsaturated/α-hetero) is 1. The van der Waals surface area contributed by atoms with Crippen LogP contribution in [-0.2, 0) is 0 Å². The molecular weight excluding hydrogens is 253 g/mol. The summed E-state index contributed by atoms with van der Waals surface area (Å²) in [6.07, 6.45) is 0. The number of nitrogens with zero attached hydrogens (tertiary/aromatic N) is 1. The minimum atomic E-state index is -0.367. The van der Waals surface area contributed by atoms with Crippen molar-refractivity contribution in [1.29, 1.82) is 0 Å². The summed E-state index contributed by atoms with van der Waals surface area (Å²) in [5, 5.41) is 0. The van der Waals surface area contributed by atoms with Gasteiger partial charge in [-0.3, -0.25) is 4.79 Å². The highest BCUT2D eigenvalue weighted by molar-refractivity contribution is 6.09. The van der Waals surface area contributed by atoms with E-state index >= 15 is 0 Å². The second kappa shape index (κ2) is 6.03. The topological polar surface area (TPSA) is 20.3 Å². The van der Waals surface area contributed by atoms with Gasteiger partial charge in [-0.05, 0) is 54.5 Å². The van der Waals surface area contributed by atoms with E-state index in [2.05, 4.69) is 11.8 Å². The zero-order valence-corrected chi connectivity index (χ0v) is 11.4. The van der Waals surface area contributed by atoms with E-state index < -0.39 is 0 Å². The van der Waals surface area contributed by atoms with Gasteiger partial charge in [0.25, 0.3) is 0 Å². The summed E-state index contributed by atoms with van der Waals surface area (Å²) in [6, 6.07) is 13.0. The molecule has 20 heavy (non-hydrogen) atoms. The molecule has 0 bridgehead atoms. The van der Waals surface area contributed by atoms with Gasteiger partial charge in [-0.25, -0.2) is 4.39 Å². The normalized spacial score (nSPS) is 9.55. The quantitative estimate of drug-likeness (QED) is 0.615. The van der Waals surface area contributed by atoms with Crippen LogP contribution in [0.3, 0.4) is 0 Å². The molecule has 0 aromatic heterocycles. The lowest BCUT2D eigenvalue weighted by Gasteiger charge is -2.11. The predicted molar refractivity (Wildman–Crippen MR) is 78.4 cm³/mol. The Balaban J connectivity index is 2.14. The van der Waals surface area contributed by atoms with E-state index in [9.17, 15) is 9.18 Å². The molecule has 0 aliphatic carbocycles. The van der Waals surface area contributed by atoms with Gasteiger partial charge in [-0.15, -0.1) is 0 Å². The number of rotatable bonds is 2. The maximum absolute atomic E-state index is 12.8. The van der Waals surface area contributed by atoms with Crippen LogP contribution in [0, 0.1) is 17.7 Å². The molecule has 0 unspecified atom stereocenters. The summed E-state index contributed by atoms with van der Waals surface area (Å²) in [7, 11) is 3.91. The van der Waals surface area contributed by atoms with Gasteiger partial charge >= 0.3 is 0 Å². The number of ketones is 1. The summed E-state index contributed by atoms with van der Waals surface area (Å²) in [5.41, 5.74) is 2.23. The predicted octanol–water partition coefficient (Wildman–Crippen LogP) is 3.13. The largest absolute Gasteiger partial charge is 0.378 e. The molecule has 0 amide bonds. The Labute approximate surface area is 117 Å². The van der Waals surface area contributed by atoms with Crippen LogP contribution in [0.25, 0.3) is 0 Å². The Kier molecular flexibility index (Phi) is 4.17. The van der Waals surface area contributed by atoms with Crippen LogP contribution in [0.15, 0.2) is 48.5 Å². The van der Waals surface area contributed by atoms with Crippen molar-refractivity contribution in [2.45, 2.75) is 0 Å². The highest BCUT2D eigenvalue weighted by Gasteiger charge is 2.01. The fourth-order valence-corrected chi connectivity index (χ4v) is 1.65. The number of carbonyl (C=O) groups is 1. The number of hydrogen-bond acceptors (Lipinski definition) is 2. The molecule has 0 heterocycles. The van der Waals surface area contributed by atoms with E-state index in [-0.39, 0.29) is 11.6 Å². The summed E-state index contributed by atoms with van der Waals surface area (Å²) in [4.78, 5) is 13.8. The van der Waals surface area contributed by atoms with Gasteiger partial charge in [0, 0.05) is 30.9 Å². The Bertz CT molecular complexity index is 661. The summed E-state index contributed by atoms with van der Waals surface area (Å²) >= 11 is 0. The molecule has 0 radical (unpaired) electrons. The Hall–Kier alpha value is -2.60. The van der Waals surface area contributed by atoms with Gasteiger partial charge in [-0.1, -0.05) is 5.92 Å². The first kappa shape index (κ1) is 13.8. The lowest BCUT2D eigenvalue weighted by atomic mass is 10.1. The fraction of sp³-hybridized carbons (Fsp3) is 0.118. The van der Waals surface area contributed by atoms with Crippen LogP contribution < -0.4 is 4.90 Å². The Morgan fingerprint density at radius 3 is 2.15 bits per heavy atom. The van der Waals surface area contributed by atoms with Crippen LogP contribution in [0.5, 0.6) is 0 Å². The molecule has 0 spiro atoms. The molecule has 0 aliphatic heterocycles. The number of anilines is 1. The Morgan fingerprint density at radius 1 is 1.00 bits per heavy atom. The molecule has 3 heteroatoms. The molecule has 0 atom stereocenters. The van der Waals surface area contributed by atoms with Gasteiger partial charge in [0.05, 0.1) is 0 Å². The van der Waals surface area contributed by atoms with Crippen LogP contribution in [-0.4, -0.2) is 19.9 Å². The van der Waals surface area contributed by atoms with E-state index in [0.29, 0.717) is 5.56 Å². The first-order valence-corrected chi connectivity index (χ1v) is 6.15. The second-order valence-electron chi connectivity index (χ2n) is 4.53. The zero-order chi connectivity index (χ0) is 14.5. The van der Waals surface area contributed by atoms with Crippen molar-refractivity contribution in [1.82, 2.24) is 0 Å². The first-order chi connectivity index (χ1) is 9.56. The van der Waals surface area contributed by atoms with Crippen LogP contribution in [0.1, 0.15) is 15.9 Å². The highest BCUT2D eigenvalue weighted by Crippen LogP contribution is 2.11. The monoisotopic (exact) mass is 267 g/mol. The van der Waals surface area contributed by atoms with Crippen molar-refractivity contribution in [3.8, 4) is 11.8 Å². The lowest BCUT2D eigenvalue weighted by molar-refractivity contribution is 0.105. The molecule has 0 N–H and O–H groups in total. The summed E-state index contributed by atoms with van der Waals surface area (Å²) in [6.45, 7) is 0. The van der Waals surface area contributed by atoms with E-state index in [0.717, 1.165) is 11.3 Å². The number of carbonyl (C=O) groups excluding carboxylic acids is 1. The van der Waals surface area contributed by atoms with Crippen molar-refractivity contribution in [3.05, 3.63) is 65.5 Å². The molecule has 2 nitrogen and oxygen atoms in total. The van der Waals surface area contributed by atoms with Crippen molar-refractivity contribution in [2.24, 2.45) is 0 Å². The molecular formula is C17H14FNO. The van der Waals surface area contributed by atoms with Crippen molar-refractivity contribution >= 4 is 11.5 Å². The third-order valence-electron chi connectivity index (χ3n) is 2.81. The van der Waals surface area contributed by atoms with Gasteiger partial charge < -0.3 is 4.90 Å². The molecule has 2 aromatic rings. The van der Waals surface area contributed by atoms with Crippen LogP contribution in [0.4, 0.5) is 10.1 Å². The third-order valence-corrected chi connectivity index (χ3v) is 2.81. The molecule has 0 saturated heterocycles. The molecule has 2 rings (SSSR count). The van der Waals surface area contributed by atoms with Gasteiger partial charge in [0.2, 0.25) is 5.78 Å². The van der Waals surface area contributed by atoms with E-state index in [1.54, 1.807) is 0 Å². The first-order valence-electron chi connectivity index (χ1n) is 6.15. The Morgan fingerprint density at radius 2 is 1.60 bits per heavy atom. The lowest BCUT2D eigenvalue weighted by Crippen LogP contribution is -2.07. The third kappa shape index (κ3) is 3.46. The average Bonchev–Trinajstić information content (AvgIpc) is 2.46. The number of hydrogen-bond donors (Lipinski definition) is 0. The minimum Gasteiger partial charge on any atom is -0.378 e. The molecule has 0 fully saturated rings. The smallest absolute Gasteiger partial charge is 0.236 e. The maximum atomic E-state index is 12.8. The molecule has 2 aromatic carbocycles. The van der Waals surface area contributed by atoms with Crippen molar-refractivity contribution < 1.29 is 9.18 Å². The van der Waals surface area contributed by atoms with Gasteiger partial charge in [0.1, 0.15) is 5.82 Å². The van der Waals surface area contributed by atoms with Crippen LogP contribution >= 0.6 is 0 Å². The number of benzene rings is 2. The van der Waals surface area contributed by atoms with Crippen molar-refractivity contribution in [3.63, 3.8) is 0 Å². The van der Waals surface area contributed by atoms with E-state index in [1.165, 1.54) is 24.3 Å². The maximum Gasteiger partial charge on any atom is 0.236 e. The molecule has 0 aliphatic rings. The van der Waals surface area contributed by atoms with Gasteiger partial charge in [0.15, 0.2) is 0 Å². The fourth-order valence-electron chi connectivity index (χ4n) is 1.65. The highest BCUT2D eigenvalue weighted by atomic mass is 19.1. The van der Waals surface area contributed by atoms with Gasteiger partial charge in [-0.2, -0.15) is 0 Å². The van der Waals surface area contributed by atoms with Crippen LogP contribution in [0.2, 0.25) is 0 Å².